The van der Waals surface area contributed by atoms with Crippen molar-refractivity contribution in [1.29, 1.82) is 0 Å². The maximum atomic E-state index is 13.5. The Morgan fingerprint density at radius 2 is 1.40 bits per heavy atom. The van der Waals surface area contributed by atoms with Crippen LogP contribution in [0.3, 0.4) is 0 Å². The Balaban J connectivity index is 3.22. The lowest BCUT2D eigenvalue weighted by Crippen LogP contribution is -2.38. The molecular weight excluding hydrogens is 281 g/mol. The molecule has 2 nitrogen and oxygen atoms in total. The number of benzene rings is 1. The first-order chi connectivity index (χ1) is 9.34. The fraction of sp³-hybridized carbons (Fsp3) is 0.462. The number of halogens is 5. The van der Waals surface area contributed by atoms with E-state index in [2.05, 4.69) is 5.32 Å². The summed E-state index contributed by atoms with van der Waals surface area (Å²) in [6, 6.07) is -0.988. The van der Waals surface area contributed by atoms with Gasteiger partial charge < -0.3 is 5.32 Å². The van der Waals surface area contributed by atoms with Crippen LogP contribution in [-0.4, -0.2) is 18.4 Å². The molecule has 0 saturated heterocycles. The molecule has 20 heavy (non-hydrogen) atoms. The molecule has 1 aromatic rings. The lowest BCUT2D eigenvalue weighted by molar-refractivity contribution is -0.120. The molecule has 0 saturated carbocycles. The van der Waals surface area contributed by atoms with Crippen molar-refractivity contribution in [3.63, 3.8) is 0 Å². The normalized spacial score (nSPS) is 12.6. The van der Waals surface area contributed by atoms with E-state index in [-0.39, 0.29) is 12.2 Å². The number of Topliss-reactive ketones (excluding diaryl/α,β-unsaturated/α-hetero) is 1. The maximum Gasteiger partial charge on any atom is 0.200 e. The van der Waals surface area contributed by atoms with Crippen LogP contribution in [0.2, 0.25) is 0 Å². The van der Waals surface area contributed by atoms with Crippen molar-refractivity contribution in [3.8, 4) is 0 Å². The summed E-state index contributed by atoms with van der Waals surface area (Å²) in [4.78, 5) is 11.6. The van der Waals surface area contributed by atoms with Crippen molar-refractivity contribution < 1.29 is 26.7 Å². The third-order valence-electron chi connectivity index (χ3n) is 2.90. The van der Waals surface area contributed by atoms with Gasteiger partial charge in [-0.2, -0.15) is 0 Å². The zero-order valence-electron chi connectivity index (χ0n) is 11.0. The highest BCUT2D eigenvalue weighted by Gasteiger charge is 2.28. The number of rotatable bonds is 6. The van der Waals surface area contributed by atoms with Crippen molar-refractivity contribution >= 4 is 5.78 Å². The van der Waals surface area contributed by atoms with Gasteiger partial charge in [0.15, 0.2) is 23.3 Å². The maximum absolute atomic E-state index is 13.5. The van der Waals surface area contributed by atoms with Gasteiger partial charge in [0, 0.05) is 18.4 Å². The van der Waals surface area contributed by atoms with Crippen LogP contribution in [-0.2, 0) is 11.2 Å². The van der Waals surface area contributed by atoms with Gasteiger partial charge in [-0.15, -0.1) is 0 Å². The van der Waals surface area contributed by atoms with Crippen molar-refractivity contribution in [2.75, 3.05) is 6.54 Å². The van der Waals surface area contributed by atoms with E-state index in [1.807, 2.05) is 0 Å². The Bertz CT molecular complexity index is 489. The molecule has 0 aliphatic heterocycles. The molecule has 0 unspecified atom stereocenters. The molecular formula is C13H14F5NO. The minimum atomic E-state index is -2.20. The van der Waals surface area contributed by atoms with E-state index < -0.39 is 47.1 Å². The van der Waals surface area contributed by atoms with Crippen LogP contribution < -0.4 is 5.32 Å². The van der Waals surface area contributed by atoms with Gasteiger partial charge in [-0.3, -0.25) is 4.79 Å². The zero-order chi connectivity index (χ0) is 15.4. The fourth-order valence-electron chi connectivity index (χ4n) is 1.83. The third-order valence-corrected chi connectivity index (χ3v) is 2.90. The Labute approximate surface area is 113 Å². The molecule has 0 fully saturated rings. The predicted molar refractivity (Wildman–Crippen MR) is 62.7 cm³/mol. The summed E-state index contributed by atoms with van der Waals surface area (Å²) in [7, 11) is 0. The molecule has 0 amide bonds. The van der Waals surface area contributed by atoms with Crippen molar-refractivity contribution in [3.05, 3.63) is 34.6 Å². The monoisotopic (exact) mass is 295 g/mol. The molecule has 1 aromatic carbocycles. The van der Waals surface area contributed by atoms with Crippen molar-refractivity contribution in [2.24, 2.45) is 0 Å². The van der Waals surface area contributed by atoms with E-state index in [0.29, 0.717) is 6.54 Å². The molecule has 0 aromatic heterocycles. The smallest absolute Gasteiger partial charge is 0.200 e. The first-order valence-electron chi connectivity index (χ1n) is 6.11. The van der Waals surface area contributed by atoms with Gasteiger partial charge in [0.1, 0.15) is 5.78 Å². The second kappa shape index (κ2) is 6.78. The second-order valence-corrected chi connectivity index (χ2v) is 4.18. The van der Waals surface area contributed by atoms with Crippen LogP contribution in [0.25, 0.3) is 0 Å². The number of carbonyl (C=O) groups excluding carboxylic acids is 1. The minimum absolute atomic E-state index is 0.0903. The van der Waals surface area contributed by atoms with Crippen LogP contribution in [0, 0.1) is 29.1 Å². The number of likely N-dealkylation sites (N-methyl/N-ethyl adjacent to an activating group) is 1. The summed E-state index contributed by atoms with van der Waals surface area (Å²) < 4.78 is 66.0. The van der Waals surface area contributed by atoms with E-state index in [1.54, 1.807) is 13.8 Å². The lowest BCUT2D eigenvalue weighted by Gasteiger charge is -2.17. The van der Waals surface area contributed by atoms with Crippen molar-refractivity contribution in [1.82, 2.24) is 5.32 Å². The average Bonchev–Trinajstić information content (AvgIpc) is 2.45. The average molecular weight is 295 g/mol. The van der Waals surface area contributed by atoms with E-state index in [0.717, 1.165) is 0 Å². The molecule has 0 spiro atoms. The molecule has 7 heteroatoms. The van der Waals surface area contributed by atoms with Gasteiger partial charge in [-0.1, -0.05) is 13.8 Å². The van der Waals surface area contributed by atoms with Crippen LogP contribution in [0.15, 0.2) is 0 Å². The summed E-state index contributed by atoms with van der Waals surface area (Å²) in [5.41, 5.74) is -0.978. The largest absolute Gasteiger partial charge is 0.307 e. The summed E-state index contributed by atoms with van der Waals surface area (Å²) in [5.74, 6) is -10.4. The highest BCUT2D eigenvalue weighted by Crippen LogP contribution is 2.24. The van der Waals surface area contributed by atoms with E-state index in [9.17, 15) is 26.7 Å². The highest BCUT2D eigenvalue weighted by atomic mass is 19.2. The van der Waals surface area contributed by atoms with Crippen LogP contribution >= 0.6 is 0 Å². The van der Waals surface area contributed by atoms with E-state index in [4.69, 9.17) is 0 Å². The number of ketones is 1. The third kappa shape index (κ3) is 3.15. The standard InChI is InChI=1S/C13H14F5NO/c1-3-8(20)7(19-4-2)5-6-9(14)11(16)13(18)12(17)10(6)15/h7,19H,3-5H2,1-2H3/t7-/m0/s1. The highest BCUT2D eigenvalue weighted by molar-refractivity contribution is 5.84. The fourth-order valence-corrected chi connectivity index (χ4v) is 1.83. The summed E-state index contributed by atoms with van der Waals surface area (Å²) >= 11 is 0. The lowest BCUT2D eigenvalue weighted by atomic mass is 9.99. The Hall–Kier alpha value is -1.50. The minimum Gasteiger partial charge on any atom is -0.307 e. The second-order valence-electron chi connectivity index (χ2n) is 4.18. The Kier molecular flexibility index (Phi) is 5.62. The molecule has 0 bridgehead atoms. The molecule has 1 atom stereocenters. The number of hydrogen-bond donors (Lipinski definition) is 1. The predicted octanol–water partition coefficient (Wildman–Crippen LogP) is 2.88. The molecule has 0 aliphatic rings. The van der Waals surface area contributed by atoms with Gasteiger partial charge in [0.25, 0.3) is 0 Å². The SMILES string of the molecule is CCN[C@@H](Cc1c(F)c(F)c(F)c(F)c1F)C(=O)CC. The number of carbonyl (C=O) groups is 1. The number of hydrogen-bond acceptors (Lipinski definition) is 2. The zero-order valence-corrected chi connectivity index (χ0v) is 11.0. The van der Waals surface area contributed by atoms with E-state index in [1.165, 1.54) is 0 Å². The molecule has 0 radical (unpaired) electrons. The Morgan fingerprint density at radius 3 is 1.80 bits per heavy atom. The summed E-state index contributed by atoms with van der Waals surface area (Å²) in [6.45, 7) is 3.53. The van der Waals surface area contributed by atoms with Gasteiger partial charge in [-0.05, 0) is 6.54 Å². The molecule has 112 valence electrons. The van der Waals surface area contributed by atoms with Gasteiger partial charge in [0.2, 0.25) is 5.82 Å². The van der Waals surface area contributed by atoms with Crippen LogP contribution in [0.4, 0.5) is 22.0 Å². The van der Waals surface area contributed by atoms with Crippen LogP contribution in [0.1, 0.15) is 25.8 Å². The van der Waals surface area contributed by atoms with Gasteiger partial charge in [0.05, 0.1) is 6.04 Å². The summed E-state index contributed by atoms with van der Waals surface area (Å²) in [5, 5.41) is 2.67. The van der Waals surface area contributed by atoms with Gasteiger partial charge in [-0.25, -0.2) is 22.0 Å². The quantitative estimate of drug-likeness (QED) is 0.497. The van der Waals surface area contributed by atoms with Crippen LogP contribution in [0.5, 0.6) is 0 Å². The molecule has 0 aliphatic carbocycles. The molecule has 1 N–H and O–H groups in total. The van der Waals surface area contributed by atoms with Crippen molar-refractivity contribution in [2.45, 2.75) is 32.7 Å². The topological polar surface area (TPSA) is 29.1 Å². The number of nitrogens with one attached hydrogen (secondary N) is 1. The first-order valence-corrected chi connectivity index (χ1v) is 6.11. The van der Waals surface area contributed by atoms with Gasteiger partial charge >= 0.3 is 0 Å². The molecule has 0 heterocycles. The summed E-state index contributed by atoms with van der Waals surface area (Å²) in [6.07, 6.45) is -0.501. The van der Waals surface area contributed by atoms with E-state index >= 15 is 0 Å². The molecule has 1 rings (SSSR count). The first kappa shape index (κ1) is 16.6. The Morgan fingerprint density at radius 1 is 0.950 bits per heavy atom.